The van der Waals surface area contributed by atoms with Crippen LogP contribution in [0.5, 0.6) is 5.75 Å². The van der Waals surface area contributed by atoms with Gasteiger partial charge in [0.1, 0.15) is 11.3 Å². The van der Waals surface area contributed by atoms with Crippen molar-refractivity contribution in [2.24, 2.45) is 0 Å². The molecule has 1 heterocycles. The fourth-order valence-electron chi connectivity index (χ4n) is 3.76. The summed E-state index contributed by atoms with van der Waals surface area (Å²) in [5, 5.41) is 13.9. The minimum Gasteiger partial charge on any atom is -0.507 e. The molecule has 0 aliphatic heterocycles. The van der Waals surface area contributed by atoms with Crippen LogP contribution in [-0.4, -0.2) is 5.11 Å². The zero-order valence-corrected chi connectivity index (χ0v) is 16.4. The molecule has 5 rings (SSSR count). The Labute approximate surface area is 175 Å². The van der Waals surface area contributed by atoms with E-state index in [-0.39, 0.29) is 0 Å². The predicted molar refractivity (Wildman–Crippen MR) is 122 cm³/mol. The molecular weight excluding hydrogens is 368 g/mol. The highest BCUT2D eigenvalue weighted by molar-refractivity contribution is 5.90. The third kappa shape index (κ3) is 3.66. The van der Waals surface area contributed by atoms with Gasteiger partial charge in [-0.15, -0.1) is 0 Å². The lowest BCUT2D eigenvalue weighted by Crippen LogP contribution is -1.90. The maximum absolute atomic E-state index is 10.9. The van der Waals surface area contributed by atoms with Crippen molar-refractivity contribution in [1.82, 2.24) is 0 Å². The fourth-order valence-corrected chi connectivity index (χ4v) is 3.76. The van der Waals surface area contributed by atoms with E-state index in [1.54, 1.807) is 6.26 Å². The first kappa shape index (κ1) is 18.1. The maximum atomic E-state index is 10.9. The number of benzene rings is 4. The summed E-state index contributed by atoms with van der Waals surface area (Å²) >= 11 is 0. The fraction of sp³-hybridized carbons (Fsp3) is 0.0714. The number of furan rings is 1. The Morgan fingerprint density at radius 3 is 2.53 bits per heavy atom. The van der Waals surface area contributed by atoms with Gasteiger partial charge in [-0.1, -0.05) is 66.4 Å². The second-order valence-electron chi connectivity index (χ2n) is 7.44. The Hall–Kier alpha value is -3.96. The first-order chi connectivity index (χ1) is 14.8. The lowest BCUT2D eigenvalue weighted by Gasteiger charge is -2.09. The van der Waals surface area contributed by atoms with Crippen LogP contribution in [0.15, 0.2) is 95.6 Å². The summed E-state index contributed by atoms with van der Waals surface area (Å²) in [6.07, 6.45) is 3.07. The van der Waals surface area contributed by atoms with Crippen LogP contribution in [-0.2, 0) is 12.8 Å². The number of fused-ring (bicyclic) bond motifs is 2. The topological polar surface area (TPSA) is 33.4 Å². The highest BCUT2D eigenvalue weighted by atomic mass is 16.3. The SMILES string of the molecule is Oc1c(Cc2ccc3occc3c2)ccc2ccc(C#CCc3ccccc3)cc12. The summed E-state index contributed by atoms with van der Waals surface area (Å²) in [7, 11) is 0. The predicted octanol–water partition coefficient (Wildman–Crippen LogP) is 6.48. The summed E-state index contributed by atoms with van der Waals surface area (Å²) in [6, 6.07) is 28.3. The Bertz CT molecular complexity index is 1400. The van der Waals surface area contributed by atoms with Crippen molar-refractivity contribution in [3.63, 3.8) is 0 Å². The minimum absolute atomic E-state index is 0.325. The van der Waals surface area contributed by atoms with Crippen molar-refractivity contribution in [1.29, 1.82) is 0 Å². The average Bonchev–Trinajstić information content (AvgIpc) is 3.25. The number of phenolic OH excluding ortho intramolecular Hbond substituents is 1. The van der Waals surface area contributed by atoms with Gasteiger partial charge in [-0.05, 0) is 52.4 Å². The first-order valence-electron chi connectivity index (χ1n) is 10.00. The second-order valence-corrected chi connectivity index (χ2v) is 7.44. The van der Waals surface area contributed by atoms with Crippen LogP contribution in [0, 0.1) is 11.8 Å². The van der Waals surface area contributed by atoms with Crippen LogP contribution in [0.1, 0.15) is 22.3 Å². The van der Waals surface area contributed by atoms with E-state index in [1.807, 2.05) is 60.7 Å². The van der Waals surface area contributed by atoms with Crippen molar-refractivity contribution in [3.05, 3.63) is 113 Å². The molecule has 0 aliphatic rings. The Morgan fingerprint density at radius 1 is 0.767 bits per heavy atom. The largest absolute Gasteiger partial charge is 0.507 e. The summed E-state index contributed by atoms with van der Waals surface area (Å²) in [6.45, 7) is 0. The first-order valence-corrected chi connectivity index (χ1v) is 10.00. The minimum atomic E-state index is 0.325. The van der Waals surface area contributed by atoms with Gasteiger partial charge in [-0.25, -0.2) is 0 Å². The molecule has 2 heteroatoms. The zero-order chi connectivity index (χ0) is 20.3. The van der Waals surface area contributed by atoms with Gasteiger partial charge >= 0.3 is 0 Å². The van der Waals surface area contributed by atoms with E-state index in [4.69, 9.17) is 4.42 Å². The summed E-state index contributed by atoms with van der Waals surface area (Å²) in [4.78, 5) is 0. The van der Waals surface area contributed by atoms with E-state index in [0.29, 0.717) is 18.6 Å². The number of hydrogen-bond acceptors (Lipinski definition) is 2. The summed E-state index contributed by atoms with van der Waals surface area (Å²) in [5.74, 6) is 6.78. The van der Waals surface area contributed by atoms with Gasteiger partial charge in [0, 0.05) is 29.2 Å². The van der Waals surface area contributed by atoms with Crippen molar-refractivity contribution in [2.75, 3.05) is 0 Å². The van der Waals surface area contributed by atoms with E-state index in [9.17, 15) is 5.11 Å². The Morgan fingerprint density at radius 2 is 1.63 bits per heavy atom. The van der Waals surface area contributed by atoms with Crippen molar-refractivity contribution < 1.29 is 9.52 Å². The Kier molecular flexibility index (Phi) is 4.71. The number of phenols is 1. The van der Waals surface area contributed by atoms with Crippen molar-refractivity contribution >= 4 is 21.7 Å². The lowest BCUT2D eigenvalue weighted by molar-refractivity contribution is 0.476. The van der Waals surface area contributed by atoms with Crippen LogP contribution in [0.3, 0.4) is 0 Å². The van der Waals surface area contributed by atoms with Gasteiger partial charge in [-0.3, -0.25) is 0 Å². The Balaban J connectivity index is 1.44. The zero-order valence-electron chi connectivity index (χ0n) is 16.4. The van der Waals surface area contributed by atoms with Crippen LogP contribution in [0.2, 0.25) is 0 Å². The lowest BCUT2D eigenvalue weighted by atomic mass is 9.98. The standard InChI is InChI=1S/C28H20O2/c29-28-25(18-22-10-14-27-24(17-22)15-16-30-27)13-12-23-11-9-21(19-26(23)28)8-4-7-20-5-2-1-3-6-20/h1-3,5-6,9-17,19,29H,7,18H2. The molecule has 0 saturated carbocycles. The normalized spacial score (nSPS) is 10.8. The molecule has 144 valence electrons. The third-order valence-corrected chi connectivity index (χ3v) is 5.36. The van der Waals surface area contributed by atoms with Gasteiger partial charge < -0.3 is 9.52 Å². The molecule has 0 spiro atoms. The average molecular weight is 388 g/mol. The summed E-state index contributed by atoms with van der Waals surface area (Å²) in [5.41, 5.74) is 5.02. The van der Waals surface area contributed by atoms with Crippen LogP contribution in [0.4, 0.5) is 0 Å². The van der Waals surface area contributed by atoms with E-state index in [1.165, 1.54) is 5.56 Å². The molecule has 0 fully saturated rings. The molecule has 2 nitrogen and oxygen atoms in total. The van der Waals surface area contributed by atoms with Gasteiger partial charge in [-0.2, -0.15) is 0 Å². The molecule has 0 saturated heterocycles. The molecular formula is C28H20O2. The molecule has 30 heavy (non-hydrogen) atoms. The smallest absolute Gasteiger partial charge is 0.133 e. The van der Waals surface area contributed by atoms with Crippen LogP contribution < -0.4 is 0 Å². The summed E-state index contributed by atoms with van der Waals surface area (Å²) < 4.78 is 5.42. The third-order valence-electron chi connectivity index (χ3n) is 5.36. The monoisotopic (exact) mass is 388 g/mol. The van der Waals surface area contributed by atoms with Gasteiger partial charge in [0.05, 0.1) is 6.26 Å². The van der Waals surface area contributed by atoms with Gasteiger partial charge in [0.2, 0.25) is 0 Å². The molecule has 0 radical (unpaired) electrons. The van der Waals surface area contributed by atoms with E-state index in [0.717, 1.165) is 38.4 Å². The van der Waals surface area contributed by atoms with E-state index >= 15 is 0 Å². The molecule has 0 unspecified atom stereocenters. The van der Waals surface area contributed by atoms with Crippen LogP contribution >= 0.6 is 0 Å². The van der Waals surface area contributed by atoms with E-state index in [2.05, 4.69) is 36.1 Å². The quantitative estimate of drug-likeness (QED) is 0.359. The molecule has 0 bridgehead atoms. The number of hydrogen-bond donors (Lipinski definition) is 1. The molecule has 5 aromatic rings. The molecule has 0 atom stereocenters. The number of rotatable bonds is 3. The van der Waals surface area contributed by atoms with Crippen molar-refractivity contribution in [2.45, 2.75) is 12.8 Å². The molecule has 0 aliphatic carbocycles. The van der Waals surface area contributed by atoms with Crippen LogP contribution in [0.25, 0.3) is 21.7 Å². The van der Waals surface area contributed by atoms with E-state index < -0.39 is 0 Å². The molecule has 1 aromatic heterocycles. The maximum Gasteiger partial charge on any atom is 0.133 e. The highest BCUT2D eigenvalue weighted by Gasteiger charge is 2.09. The molecule has 1 N–H and O–H groups in total. The second kappa shape index (κ2) is 7.81. The van der Waals surface area contributed by atoms with Gasteiger partial charge in [0.25, 0.3) is 0 Å². The molecule has 0 amide bonds. The molecule has 4 aromatic carbocycles. The highest BCUT2D eigenvalue weighted by Crippen LogP contribution is 2.31. The van der Waals surface area contributed by atoms with Gasteiger partial charge in [0.15, 0.2) is 0 Å². The number of aromatic hydroxyl groups is 1. The van der Waals surface area contributed by atoms with Crippen molar-refractivity contribution in [3.8, 4) is 17.6 Å².